The van der Waals surface area contributed by atoms with Gasteiger partial charge in [-0.2, -0.15) is 0 Å². The molecule has 2 aromatic heterocycles. The number of aromatic nitrogens is 2. The lowest BCUT2D eigenvalue weighted by atomic mass is 10.2. The monoisotopic (exact) mass is 421 g/mol. The van der Waals surface area contributed by atoms with E-state index in [0.29, 0.717) is 16.8 Å². The maximum Gasteiger partial charge on any atom is 0.337 e. The van der Waals surface area contributed by atoms with Crippen molar-refractivity contribution in [1.82, 2.24) is 9.38 Å². The molecule has 0 saturated heterocycles. The van der Waals surface area contributed by atoms with Crippen LogP contribution in [-0.2, 0) is 4.74 Å². The molecule has 0 aliphatic heterocycles. The second-order valence-corrected chi connectivity index (χ2v) is 6.03. The van der Waals surface area contributed by atoms with Gasteiger partial charge in [0.1, 0.15) is 5.65 Å². The summed E-state index contributed by atoms with van der Waals surface area (Å²) in [7, 11) is 1.32. The first-order chi connectivity index (χ1) is 11.1. The average molecular weight is 421 g/mol. The molecule has 0 aliphatic carbocycles. The van der Waals surface area contributed by atoms with Gasteiger partial charge < -0.3 is 14.5 Å². The number of pyridine rings is 1. The van der Waals surface area contributed by atoms with Crippen LogP contribution < -0.4 is 5.32 Å². The summed E-state index contributed by atoms with van der Waals surface area (Å²) in [6, 6.07) is 8.53. The number of carbonyl (C=O) groups is 2. The fourth-order valence-electron chi connectivity index (χ4n) is 2.16. The van der Waals surface area contributed by atoms with Crippen molar-refractivity contribution in [3.63, 3.8) is 0 Å². The van der Waals surface area contributed by atoms with Crippen LogP contribution in [-0.4, -0.2) is 28.4 Å². The topological polar surface area (TPSA) is 72.7 Å². The third-order valence-corrected chi connectivity index (χ3v) is 3.85. The van der Waals surface area contributed by atoms with E-state index in [0.717, 1.165) is 9.22 Å². The predicted octanol–water partition coefficient (Wildman–Crippen LogP) is 2.98. The Kier molecular flexibility index (Phi) is 4.28. The van der Waals surface area contributed by atoms with Crippen molar-refractivity contribution in [2.24, 2.45) is 0 Å². The number of carbonyl (C=O) groups excluding carboxylic acids is 2. The van der Waals surface area contributed by atoms with Gasteiger partial charge in [-0.3, -0.25) is 4.79 Å². The van der Waals surface area contributed by atoms with Crippen LogP contribution in [0.2, 0.25) is 0 Å². The third kappa shape index (κ3) is 3.34. The number of amides is 1. The summed E-state index contributed by atoms with van der Waals surface area (Å²) in [5.41, 5.74) is 2.19. The molecule has 0 saturated carbocycles. The van der Waals surface area contributed by atoms with Crippen LogP contribution in [0.1, 0.15) is 20.7 Å². The zero-order chi connectivity index (χ0) is 16.4. The molecule has 0 spiro atoms. The first-order valence-corrected chi connectivity index (χ1v) is 7.77. The molecule has 0 radical (unpaired) electrons. The summed E-state index contributed by atoms with van der Waals surface area (Å²) in [6.45, 7) is 0. The summed E-state index contributed by atoms with van der Waals surface area (Å²) in [5, 5.41) is 2.79. The van der Waals surface area contributed by atoms with E-state index in [1.54, 1.807) is 53.3 Å². The van der Waals surface area contributed by atoms with Crippen molar-refractivity contribution in [3.05, 3.63) is 63.6 Å². The van der Waals surface area contributed by atoms with E-state index < -0.39 is 5.97 Å². The summed E-state index contributed by atoms with van der Waals surface area (Å²) in [6.07, 6.45) is 5.14. The Balaban J connectivity index is 1.87. The molecule has 3 rings (SSSR count). The van der Waals surface area contributed by atoms with E-state index in [2.05, 4.69) is 32.9 Å². The number of anilines is 1. The van der Waals surface area contributed by atoms with Gasteiger partial charge in [0.05, 0.1) is 18.2 Å². The summed E-state index contributed by atoms with van der Waals surface area (Å²) in [5.74, 6) is -0.711. The van der Waals surface area contributed by atoms with E-state index in [9.17, 15) is 9.59 Å². The van der Waals surface area contributed by atoms with E-state index in [-0.39, 0.29) is 5.91 Å². The first kappa shape index (κ1) is 15.5. The van der Waals surface area contributed by atoms with Crippen molar-refractivity contribution in [2.75, 3.05) is 12.4 Å². The number of esters is 1. The molecule has 1 N–H and O–H groups in total. The number of ether oxygens (including phenoxy) is 1. The van der Waals surface area contributed by atoms with E-state index >= 15 is 0 Å². The van der Waals surface area contributed by atoms with Gasteiger partial charge in [-0.25, -0.2) is 9.78 Å². The number of nitrogens with zero attached hydrogens (tertiary/aromatic N) is 2. The Labute approximate surface area is 145 Å². The molecule has 116 valence electrons. The van der Waals surface area contributed by atoms with Gasteiger partial charge in [-0.05, 0) is 52.9 Å². The second kappa shape index (κ2) is 6.37. The quantitative estimate of drug-likeness (QED) is 0.522. The van der Waals surface area contributed by atoms with Crippen LogP contribution >= 0.6 is 22.6 Å². The molecule has 1 aromatic carbocycles. The Hall–Kier alpha value is -2.42. The Morgan fingerprint density at radius 3 is 2.83 bits per heavy atom. The van der Waals surface area contributed by atoms with Crippen LogP contribution in [0.5, 0.6) is 0 Å². The normalized spacial score (nSPS) is 10.5. The minimum atomic E-state index is -0.446. The molecule has 0 aliphatic rings. The zero-order valence-electron chi connectivity index (χ0n) is 12.1. The highest BCUT2D eigenvalue weighted by Crippen LogP contribution is 2.18. The molecule has 6 nitrogen and oxygen atoms in total. The van der Waals surface area contributed by atoms with Crippen molar-refractivity contribution in [3.8, 4) is 0 Å². The number of nitrogens with one attached hydrogen (secondary N) is 1. The summed E-state index contributed by atoms with van der Waals surface area (Å²) >= 11 is 2.08. The molecule has 23 heavy (non-hydrogen) atoms. The minimum Gasteiger partial charge on any atom is -0.465 e. The molecule has 7 heteroatoms. The number of hydrogen-bond acceptors (Lipinski definition) is 4. The SMILES string of the molecule is COC(=O)c1cc(I)cc(NC(=O)c2ccc3nccn3c2)c1. The zero-order valence-corrected chi connectivity index (χ0v) is 14.3. The first-order valence-electron chi connectivity index (χ1n) is 6.70. The van der Waals surface area contributed by atoms with Crippen molar-refractivity contribution >= 4 is 45.8 Å². The fraction of sp³-hybridized carbons (Fsp3) is 0.0625. The van der Waals surface area contributed by atoms with Crippen LogP contribution in [0.15, 0.2) is 48.9 Å². The average Bonchev–Trinajstić information content (AvgIpc) is 3.01. The molecule has 0 bridgehead atoms. The number of benzene rings is 1. The van der Waals surface area contributed by atoms with Crippen LogP contribution in [0.3, 0.4) is 0 Å². The van der Waals surface area contributed by atoms with Gasteiger partial charge in [0.2, 0.25) is 0 Å². The highest BCUT2D eigenvalue weighted by Gasteiger charge is 2.11. The van der Waals surface area contributed by atoms with Crippen molar-refractivity contribution < 1.29 is 14.3 Å². The lowest BCUT2D eigenvalue weighted by molar-refractivity contribution is 0.0600. The number of imidazole rings is 1. The Bertz CT molecular complexity index is 904. The van der Waals surface area contributed by atoms with Gasteiger partial charge in [-0.15, -0.1) is 0 Å². The van der Waals surface area contributed by atoms with Gasteiger partial charge in [0.15, 0.2) is 0 Å². The van der Waals surface area contributed by atoms with Gasteiger partial charge in [-0.1, -0.05) is 0 Å². The molecular weight excluding hydrogens is 409 g/mol. The number of rotatable bonds is 3. The molecule has 0 unspecified atom stereocenters. The summed E-state index contributed by atoms with van der Waals surface area (Å²) < 4.78 is 7.30. The van der Waals surface area contributed by atoms with E-state index in [4.69, 9.17) is 4.74 Å². The molecule has 0 atom stereocenters. The van der Waals surface area contributed by atoms with Crippen molar-refractivity contribution in [1.29, 1.82) is 0 Å². The number of halogens is 1. The minimum absolute atomic E-state index is 0.265. The van der Waals surface area contributed by atoms with E-state index in [1.165, 1.54) is 7.11 Å². The molecular formula is C16H12IN3O3. The Morgan fingerprint density at radius 1 is 1.22 bits per heavy atom. The van der Waals surface area contributed by atoms with Crippen LogP contribution in [0.4, 0.5) is 5.69 Å². The van der Waals surface area contributed by atoms with Gasteiger partial charge >= 0.3 is 5.97 Å². The standard InChI is InChI=1S/C16H12IN3O3/c1-23-16(22)11-6-12(17)8-13(7-11)19-15(21)10-2-3-14-18-4-5-20(14)9-10/h2-9H,1H3,(H,19,21). The van der Waals surface area contributed by atoms with Gasteiger partial charge in [0.25, 0.3) is 5.91 Å². The highest BCUT2D eigenvalue weighted by atomic mass is 127. The van der Waals surface area contributed by atoms with Crippen LogP contribution in [0, 0.1) is 3.57 Å². The lowest BCUT2D eigenvalue weighted by Gasteiger charge is -2.08. The number of fused-ring (bicyclic) bond motifs is 1. The molecule has 0 fully saturated rings. The summed E-state index contributed by atoms with van der Waals surface area (Å²) in [4.78, 5) is 28.2. The van der Waals surface area contributed by atoms with Crippen LogP contribution in [0.25, 0.3) is 5.65 Å². The van der Waals surface area contributed by atoms with Crippen molar-refractivity contribution in [2.45, 2.75) is 0 Å². The highest BCUT2D eigenvalue weighted by molar-refractivity contribution is 14.1. The number of methoxy groups -OCH3 is 1. The lowest BCUT2D eigenvalue weighted by Crippen LogP contribution is -2.13. The van der Waals surface area contributed by atoms with Gasteiger partial charge in [0, 0.05) is 27.8 Å². The molecule has 3 aromatic rings. The molecule has 2 heterocycles. The maximum atomic E-state index is 12.4. The third-order valence-electron chi connectivity index (χ3n) is 3.23. The molecule has 1 amide bonds. The second-order valence-electron chi connectivity index (χ2n) is 4.78. The largest absolute Gasteiger partial charge is 0.465 e. The predicted molar refractivity (Wildman–Crippen MR) is 93.6 cm³/mol. The fourth-order valence-corrected chi connectivity index (χ4v) is 2.83. The number of hydrogen-bond donors (Lipinski definition) is 1. The smallest absolute Gasteiger partial charge is 0.337 e. The maximum absolute atomic E-state index is 12.4. The Morgan fingerprint density at radius 2 is 2.04 bits per heavy atom. The van der Waals surface area contributed by atoms with E-state index in [1.807, 2.05) is 0 Å².